The zero-order valence-corrected chi connectivity index (χ0v) is 9.66. The molecular formula is C4H6INaO4. The first-order valence-electron chi connectivity index (χ1n) is 2.06. The van der Waals surface area contributed by atoms with Crippen molar-refractivity contribution in [3.05, 3.63) is 0 Å². The fourth-order valence-corrected chi connectivity index (χ4v) is 0.214. The van der Waals surface area contributed by atoms with Crippen LogP contribution in [0.25, 0.3) is 0 Å². The quantitative estimate of drug-likeness (QED) is 0.394. The number of hydrogen-bond donors (Lipinski definition) is 2. The largest absolute Gasteiger partial charge is 1.00 e. The van der Waals surface area contributed by atoms with E-state index in [2.05, 4.69) is 0 Å². The second kappa shape index (κ2) is 9.67. The van der Waals surface area contributed by atoms with Crippen LogP contribution in [0.1, 0.15) is 12.8 Å². The van der Waals surface area contributed by atoms with Crippen LogP contribution in [0, 0.1) is 0 Å². The molecule has 54 valence electrons. The van der Waals surface area contributed by atoms with Gasteiger partial charge in [-0.1, -0.05) is 0 Å². The Labute approximate surface area is 97.3 Å². The molecule has 0 rings (SSSR count). The van der Waals surface area contributed by atoms with Gasteiger partial charge in [-0.05, 0) is 0 Å². The van der Waals surface area contributed by atoms with Crippen LogP contribution in [0.3, 0.4) is 0 Å². The molecule has 0 aliphatic carbocycles. The van der Waals surface area contributed by atoms with E-state index in [0.717, 1.165) is 0 Å². The van der Waals surface area contributed by atoms with E-state index < -0.39 is 11.9 Å². The Morgan fingerprint density at radius 3 is 1.30 bits per heavy atom. The molecule has 6 heteroatoms. The van der Waals surface area contributed by atoms with E-state index in [9.17, 15) is 9.59 Å². The zero-order valence-electron chi connectivity index (χ0n) is 5.50. The minimum Gasteiger partial charge on any atom is -1.00 e. The molecule has 4 nitrogen and oxygen atoms in total. The number of aliphatic carboxylic acids is 2. The summed E-state index contributed by atoms with van der Waals surface area (Å²) in [5.74, 6) is -2.15. The summed E-state index contributed by atoms with van der Waals surface area (Å²) >= 11 is 0. The van der Waals surface area contributed by atoms with Gasteiger partial charge in [-0.25, -0.2) is 0 Å². The molecule has 0 bridgehead atoms. The number of carboxylic acids is 2. The van der Waals surface area contributed by atoms with Gasteiger partial charge in [0, 0.05) is 0 Å². The van der Waals surface area contributed by atoms with Gasteiger partial charge in [0.2, 0.25) is 0 Å². The second-order valence-electron chi connectivity index (χ2n) is 1.29. The van der Waals surface area contributed by atoms with Gasteiger partial charge in [0.25, 0.3) is 0 Å². The van der Waals surface area contributed by atoms with Gasteiger partial charge in [0.05, 0.1) is 12.8 Å². The standard InChI is InChI=1S/C4H6O4.HI.Na/c5-3(6)1-2-4(7)8;;/h1-2H2,(H,5,6)(H,7,8);1H;/q;;+1/p-1. The SMILES string of the molecule is O=C(O)CCC(=O)O.[I-].[Na+]. The molecule has 0 spiro atoms. The van der Waals surface area contributed by atoms with E-state index in [1.807, 2.05) is 0 Å². The summed E-state index contributed by atoms with van der Waals surface area (Å²) in [5.41, 5.74) is 0. The molecule has 0 saturated carbocycles. The van der Waals surface area contributed by atoms with Crippen LogP contribution < -0.4 is 53.5 Å². The Kier molecular flexibility index (Phi) is 16.4. The summed E-state index contributed by atoms with van der Waals surface area (Å²) in [4.78, 5) is 19.3. The predicted octanol–water partition coefficient (Wildman–Crippen LogP) is -6.06. The Bertz CT molecular complexity index is 102. The fourth-order valence-electron chi connectivity index (χ4n) is 0.214. The number of carbonyl (C=O) groups is 2. The van der Waals surface area contributed by atoms with Crippen molar-refractivity contribution in [2.45, 2.75) is 12.8 Å². The molecule has 0 fully saturated rings. The number of carboxylic acid groups (broad SMARTS) is 2. The van der Waals surface area contributed by atoms with Gasteiger partial charge < -0.3 is 34.2 Å². The summed E-state index contributed by atoms with van der Waals surface area (Å²) in [6, 6.07) is 0. The molecule has 0 aromatic rings. The molecule has 0 unspecified atom stereocenters. The second-order valence-corrected chi connectivity index (χ2v) is 1.29. The van der Waals surface area contributed by atoms with Crippen molar-refractivity contribution in [1.29, 1.82) is 0 Å². The number of hydrogen-bond acceptors (Lipinski definition) is 2. The zero-order chi connectivity index (χ0) is 6.57. The fraction of sp³-hybridized carbons (Fsp3) is 0.500. The summed E-state index contributed by atoms with van der Waals surface area (Å²) in [7, 11) is 0. The molecule has 0 aromatic carbocycles. The first-order valence-corrected chi connectivity index (χ1v) is 2.06. The molecule has 0 amide bonds. The Morgan fingerprint density at radius 1 is 1.00 bits per heavy atom. The summed E-state index contributed by atoms with van der Waals surface area (Å²) in [5, 5.41) is 15.8. The van der Waals surface area contributed by atoms with Crippen LogP contribution in [0.2, 0.25) is 0 Å². The molecule has 0 radical (unpaired) electrons. The van der Waals surface area contributed by atoms with Crippen LogP contribution in [0.5, 0.6) is 0 Å². The van der Waals surface area contributed by atoms with Gasteiger partial charge in [-0.15, -0.1) is 0 Å². The Morgan fingerprint density at radius 2 is 1.20 bits per heavy atom. The smallest absolute Gasteiger partial charge is 1.00 e. The molecular weight excluding hydrogens is 262 g/mol. The van der Waals surface area contributed by atoms with Crippen LogP contribution >= 0.6 is 0 Å². The van der Waals surface area contributed by atoms with Gasteiger partial charge in [-0.2, -0.15) is 0 Å². The average Bonchev–Trinajstić information content (AvgIpc) is 1.61. The van der Waals surface area contributed by atoms with Crippen LogP contribution in [-0.4, -0.2) is 22.2 Å². The maximum atomic E-state index is 9.64. The summed E-state index contributed by atoms with van der Waals surface area (Å²) in [6.45, 7) is 0. The maximum Gasteiger partial charge on any atom is 1.00 e. The molecule has 0 aliphatic heterocycles. The molecule has 0 aromatic heterocycles. The van der Waals surface area contributed by atoms with Crippen molar-refractivity contribution in [2.24, 2.45) is 0 Å². The third-order valence-electron chi connectivity index (χ3n) is 0.553. The molecule has 0 atom stereocenters. The Balaban J connectivity index is -0.000000245. The molecule has 0 heterocycles. The average molecular weight is 268 g/mol. The molecule has 0 aliphatic rings. The topological polar surface area (TPSA) is 74.6 Å². The Hall–Kier alpha value is 0.670. The van der Waals surface area contributed by atoms with E-state index in [1.165, 1.54) is 0 Å². The van der Waals surface area contributed by atoms with E-state index in [-0.39, 0.29) is 66.4 Å². The molecule has 10 heavy (non-hydrogen) atoms. The molecule has 0 saturated heterocycles. The predicted molar refractivity (Wildman–Crippen MR) is 24.5 cm³/mol. The number of halogens is 1. The minimum absolute atomic E-state index is 0. The van der Waals surface area contributed by atoms with Crippen LogP contribution in [0.15, 0.2) is 0 Å². The van der Waals surface area contributed by atoms with Gasteiger partial charge >= 0.3 is 41.5 Å². The van der Waals surface area contributed by atoms with E-state index >= 15 is 0 Å². The van der Waals surface area contributed by atoms with E-state index in [4.69, 9.17) is 10.2 Å². The van der Waals surface area contributed by atoms with Gasteiger partial charge in [0.15, 0.2) is 0 Å². The van der Waals surface area contributed by atoms with Gasteiger partial charge in [-0.3, -0.25) is 9.59 Å². The first kappa shape index (κ1) is 17.0. The summed E-state index contributed by atoms with van der Waals surface area (Å²) < 4.78 is 0. The van der Waals surface area contributed by atoms with Crippen LogP contribution in [0.4, 0.5) is 0 Å². The third-order valence-corrected chi connectivity index (χ3v) is 0.553. The first-order chi connectivity index (χ1) is 3.63. The van der Waals surface area contributed by atoms with E-state index in [1.54, 1.807) is 0 Å². The normalized spacial score (nSPS) is 6.80. The minimum atomic E-state index is -1.08. The monoisotopic (exact) mass is 268 g/mol. The maximum absolute atomic E-state index is 9.64. The van der Waals surface area contributed by atoms with Crippen molar-refractivity contribution in [3.63, 3.8) is 0 Å². The van der Waals surface area contributed by atoms with E-state index in [0.29, 0.717) is 0 Å². The van der Waals surface area contributed by atoms with Crippen LogP contribution in [-0.2, 0) is 9.59 Å². The van der Waals surface area contributed by atoms with Crippen molar-refractivity contribution < 1.29 is 73.3 Å². The van der Waals surface area contributed by atoms with Crippen molar-refractivity contribution in [2.75, 3.05) is 0 Å². The summed E-state index contributed by atoms with van der Waals surface area (Å²) in [6.07, 6.45) is -0.593. The van der Waals surface area contributed by atoms with Crippen molar-refractivity contribution in [1.82, 2.24) is 0 Å². The molecule has 2 N–H and O–H groups in total. The van der Waals surface area contributed by atoms with Crippen molar-refractivity contribution >= 4 is 11.9 Å². The van der Waals surface area contributed by atoms with Gasteiger partial charge in [0.1, 0.15) is 0 Å². The third kappa shape index (κ3) is 15.9. The van der Waals surface area contributed by atoms with Crippen molar-refractivity contribution in [3.8, 4) is 0 Å². The number of rotatable bonds is 3.